The molecular weight excluding hydrogens is 580 g/mol. The van der Waals surface area contributed by atoms with Crippen molar-refractivity contribution >= 4 is 17.9 Å². The summed E-state index contributed by atoms with van der Waals surface area (Å²) >= 11 is 0. The van der Waals surface area contributed by atoms with Gasteiger partial charge in [-0.3, -0.25) is 14.9 Å². The van der Waals surface area contributed by atoms with Gasteiger partial charge in [0.15, 0.2) is 0 Å². The number of fused-ring (bicyclic) bond motifs is 2. The van der Waals surface area contributed by atoms with Gasteiger partial charge in [0.1, 0.15) is 5.54 Å². The maximum atomic E-state index is 14.8. The van der Waals surface area contributed by atoms with Crippen LogP contribution in [-0.4, -0.2) is 72.0 Å². The average Bonchev–Trinajstić information content (AvgIpc) is 4.03. The molecule has 4 fully saturated rings. The van der Waals surface area contributed by atoms with E-state index in [0.29, 0.717) is 30.2 Å². The number of hydrogen-bond acceptors (Lipinski definition) is 4. The highest BCUT2D eigenvalue weighted by molar-refractivity contribution is 5.95. The molecule has 2 saturated carbocycles. The van der Waals surface area contributed by atoms with Gasteiger partial charge in [-0.15, -0.1) is 0 Å². The highest BCUT2D eigenvalue weighted by atomic mass is 16.2. The molecule has 6 nitrogen and oxygen atoms in total. The second-order valence-corrected chi connectivity index (χ2v) is 15.8. The predicted molar refractivity (Wildman–Crippen MR) is 189 cm³/mol. The van der Waals surface area contributed by atoms with Gasteiger partial charge >= 0.3 is 0 Å². The van der Waals surface area contributed by atoms with Crippen LogP contribution < -0.4 is 10.6 Å². The third-order valence-corrected chi connectivity index (χ3v) is 12.6. The van der Waals surface area contributed by atoms with Crippen LogP contribution in [-0.2, 0) is 11.2 Å². The van der Waals surface area contributed by atoms with E-state index in [1.165, 1.54) is 61.9 Å². The van der Waals surface area contributed by atoms with E-state index in [9.17, 15) is 9.59 Å². The molecule has 1 aromatic carbocycles. The Morgan fingerprint density at radius 1 is 0.957 bits per heavy atom. The normalized spacial score (nSPS) is 32.2. The summed E-state index contributed by atoms with van der Waals surface area (Å²) < 4.78 is 0. The van der Waals surface area contributed by atoms with Crippen LogP contribution in [0.5, 0.6) is 0 Å². The summed E-state index contributed by atoms with van der Waals surface area (Å²) in [5, 5.41) is 7.38. The second kappa shape index (κ2) is 13.2. The van der Waals surface area contributed by atoms with E-state index in [2.05, 4.69) is 63.0 Å². The van der Waals surface area contributed by atoms with Crippen LogP contribution in [0.2, 0.25) is 0 Å². The Morgan fingerprint density at radius 3 is 2.68 bits per heavy atom. The summed E-state index contributed by atoms with van der Waals surface area (Å²) in [6, 6.07) is 6.14. The number of hydrogen-bond donors (Lipinski definition) is 2. The average molecular weight is 635 g/mol. The first-order chi connectivity index (χ1) is 23.0. The van der Waals surface area contributed by atoms with Crippen LogP contribution >= 0.6 is 0 Å². The van der Waals surface area contributed by atoms with Crippen molar-refractivity contribution < 1.29 is 9.59 Å². The van der Waals surface area contributed by atoms with Gasteiger partial charge in [0.2, 0.25) is 5.91 Å². The molecule has 2 heterocycles. The molecule has 4 unspecified atom stereocenters. The molecule has 2 amide bonds. The molecule has 2 aliphatic heterocycles. The summed E-state index contributed by atoms with van der Waals surface area (Å²) in [5.74, 6) is 1.33. The molecule has 250 valence electrons. The van der Waals surface area contributed by atoms with Crippen molar-refractivity contribution in [1.82, 2.24) is 20.4 Å². The minimum Gasteiger partial charge on any atom is -0.350 e. The van der Waals surface area contributed by atoms with E-state index in [1.807, 2.05) is 12.1 Å². The van der Waals surface area contributed by atoms with Crippen molar-refractivity contribution in [2.45, 2.75) is 101 Å². The maximum Gasteiger partial charge on any atom is 0.251 e. The monoisotopic (exact) mass is 634 g/mol. The van der Waals surface area contributed by atoms with Gasteiger partial charge in [0.25, 0.3) is 5.91 Å². The fourth-order valence-electron chi connectivity index (χ4n) is 9.57. The Morgan fingerprint density at radius 2 is 1.85 bits per heavy atom. The van der Waals surface area contributed by atoms with Gasteiger partial charge in [-0.25, -0.2) is 0 Å². The van der Waals surface area contributed by atoms with E-state index < -0.39 is 5.54 Å². The first-order valence-corrected chi connectivity index (χ1v) is 19.0. The molecule has 8 rings (SSSR count). The van der Waals surface area contributed by atoms with Gasteiger partial charge in [0, 0.05) is 36.7 Å². The number of benzene rings is 1. The van der Waals surface area contributed by atoms with E-state index in [-0.39, 0.29) is 11.4 Å². The molecule has 6 heteroatoms. The van der Waals surface area contributed by atoms with E-state index in [1.54, 1.807) is 5.57 Å². The van der Waals surface area contributed by atoms with Gasteiger partial charge in [-0.05, 0) is 144 Å². The molecule has 0 radical (unpaired) electrons. The molecule has 0 aromatic heterocycles. The topological polar surface area (TPSA) is 64.7 Å². The zero-order valence-corrected chi connectivity index (χ0v) is 28.3. The lowest BCUT2D eigenvalue weighted by molar-refractivity contribution is -0.135. The summed E-state index contributed by atoms with van der Waals surface area (Å²) in [4.78, 5) is 33.2. The molecule has 1 spiro atoms. The lowest BCUT2D eigenvalue weighted by Gasteiger charge is -2.34. The smallest absolute Gasteiger partial charge is 0.251 e. The zero-order chi connectivity index (χ0) is 31.8. The van der Waals surface area contributed by atoms with Crippen molar-refractivity contribution in [2.24, 2.45) is 17.8 Å². The second-order valence-electron chi connectivity index (χ2n) is 15.8. The van der Waals surface area contributed by atoms with Gasteiger partial charge in [0.05, 0.1) is 0 Å². The number of rotatable bonds is 10. The summed E-state index contributed by atoms with van der Waals surface area (Å²) in [6.07, 6.45) is 30.0. The third kappa shape index (κ3) is 6.45. The SMILES string of the molecule is O=C(NC[C@]12CC1CN(CC(C1=CCCC=C1)C1=CCCCC1)C(=O)C1(CC1CCN1CCCCC1)N2)c1ccc2c(c1)C=CCC2. The predicted octanol–water partition coefficient (Wildman–Crippen LogP) is 6.59. The molecule has 2 N–H and O–H groups in total. The fraction of sp³-hybridized carbons (Fsp3) is 0.610. The molecule has 47 heavy (non-hydrogen) atoms. The first kappa shape index (κ1) is 31.3. The highest BCUT2D eigenvalue weighted by Gasteiger charge is 2.70. The summed E-state index contributed by atoms with van der Waals surface area (Å²) in [7, 11) is 0. The Balaban J connectivity index is 1.02. The molecule has 1 aromatic rings. The minimum atomic E-state index is -0.495. The summed E-state index contributed by atoms with van der Waals surface area (Å²) in [5.41, 5.74) is 5.46. The number of carbonyl (C=O) groups excluding carboxylic acids is 2. The van der Waals surface area contributed by atoms with Crippen molar-refractivity contribution in [1.29, 1.82) is 0 Å². The molecule has 5 atom stereocenters. The van der Waals surface area contributed by atoms with Crippen LogP contribution in [0.3, 0.4) is 0 Å². The fourth-order valence-corrected chi connectivity index (χ4v) is 9.57. The lowest BCUT2D eigenvalue weighted by Crippen LogP contribution is -2.55. The number of piperidine rings is 1. The number of aryl methyl sites for hydroxylation is 1. The largest absolute Gasteiger partial charge is 0.350 e. The molecular formula is C41H54N4O2. The number of likely N-dealkylation sites (tertiary alicyclic amines) is 1. The van der Waals surface area contributed by atoms with Crippen LogP contribution in [0.4, 0.5) is 0 Å². The standard InChI is InChI=1S/C41H54N4O2/c46-38(34-19-18-30-12-8-9-17-33(30)24-34)42-29-40-25-36(40)27-45(28-37(31-13-4-1-5-14-31)32-15-6-2-7-16-32)39(47)41(43-40)26-35(41)20-23-44-21-10-3-11-22-44/h4,9,13-15,17-19,24,35-37,43H,1-3,5-8,10-12,16,20-23,25-29H2,(H,42,46)/t35?,36?,37?,40-,41?/m1/s1. The number of nitrogens with zero attached hydrogens (tertiary/aromatic N) is 2. The van der Waals surface area contributed by atoms with Crippen molar-refractivity contribution in [2.75, 3.05) is 39.3 Å². The number of allylic oxidation sites excluding steroid dienone is 5. The van der Waals surface area contributed by atoms with E-state index in [0.717, 1.165) is 83.0 Å². The highest BCUT2D eigenvalue weighted by Crippen LogP contribution is 2.56. The summed E-state index contributed by atoms with van der Waals surface area (Å²) in [6.45, 7) is 5.63. The Labute approximate surface area is 281 Å². The van der Waals surface area contributed by atoms with E-state index in [4.69, 9.17) is 0 Å². The van der Waals surface area contributed by atoms with Gasteiger partial charge < -0.3 is 15.1 Å². The van der Waals surface area contributed by atoms with Crippen molar-refractivity contribution in [3.05, 3.63) is 76.4 Å². The quantitative estimate of drug-likeness (QED) is 0.285. The van der Waals surface area contributed by atoms with Gasteiger partial charge in [-0.1, -0.05) is 54.5 Å². The number of nitrogens with one attached hydrogen (secondary N) is 2. The van der Waals surface area contributed by atoms with Crippen LogP contribution in [0, 0.1) is 17.8 Å². The Hall–Kier alpha value is -2.96. The van der Waals surface area contributed by atoms with Crippen LogP contribution in [0.25, 0.3) is 6.08 Å². The van der Waals surface area contributed by atoms with E-state index >= 15 is 0 Å². The Bertz CT molecular complexity index is 1500. The van der Waals surface area contributed by atoms with Crippen molar-refractivity contribution in [3.63, 3.8) is 0 Å². The molecule has 5 aliphatic carbocycles. The lowest BCUT2D eigenvalue weighted by atomic mass is 9.82. The zero-order valence-electron chi connectivity index (χ0n) is 28.3. The number of amides is 2. The first-order valence-electron chi connectivity index (χ1n) is 19.0. The molecule has 0 bridgehead atoms. The molecule has 2 saturated heterocycles. The number of carbonyl (C=O) groups is 2. The third-order valence-electron chi connectivity index (χ3n) is 12.6. The van der Waals surface area contributed by atoms with Crippen LogP contribution in [0.1, 0.15) is 105 Å². The maximum absolute atomic E-state index is 14.8. The van der Waals surface area contributed by atoms with Gasteiger partial charge in [-0.2, -0.15) is 0 Å². The Kier molecular flexibility index (Phi) is 8.77. The molecule has 7 aliphatic rings. The minimum absolute atomic E-state index is 0.00662. The van der Waals surface area contributed by atoms with Crippen molar-refractivity contribution in [3.8, 4) is 0 Å². The van der Waals surface area contributed by atoms with Crippen LogP contribution in [0.15, 0.2) is 59.7 Å².